The first-order valence-corrected chi connectivity index (χ1v) is 9.94. The van der Waals surface area contributed by atoms with Gasteiger partial charge in [-0.15, -0.1) is 0 Å². The Morgan fingerprint density at radius 2 is 2.10 bits per heavy atom. The summed E-state index contributed by atoms with van der Waals surface area (Å²) in [6, 6.07) is 9.13. The lowest BCUT2D eigenvalue weighted by atomic mass is 9.82. The van der Waals surface area contributed by atoms with E-state index in [-0.39, 0.29) is 0 Å². The summed E-state index contributed by atoms with van der Waals surface area (Å²) in [7, 11) is 1.92. The normalized spacial score (nSPS) is 15.5. The van der Waals surface area contributed by atoms with Gasteiger partial charge in [-0.25, -0.2) is 0 Å². The standard InChI is InChI=1S/C24H25N5O2/c1-15-22(16(2)31-28-15)17-13-18(23(25)19(14-17)26-3)24(30,20-9-5-7-11-27-20)21-10-6-8-12-29(21)4/h5-11,13-14,30H,3,12,25H2,1-2,4H3. The first-order chi connectivity index (χ1) is 14.9. The second kappa shape index (κ2) is 7.85. The molecule has 7 nitrogen and oxygen atoms in total. The number of anilines is 1. The van der Waals surface area contributed by atoms with Gasteiger partial charge in [0, 0.05) is 30.9 Å². The summed E-state index contributed by atoms with van der Waals surface area (Å²) < 4.78 is 5.37. The number of hydrogen-bond donors (Lipinski definition) is 2. The van der Waals surface area contributed by atoms with Crippen LogP contribution in [-0.4, -0.2) is 40.5 Å². The van der Waals surface area contributed by atoms with Gasteiger partial charge in [-0.2, -0.15) is 0 Å². The quantitative estimate of drug-likeness (QED) is 0.484. The number of nitrogen functional groups attached to an aromatic ring is 1. The van der Waals surface area contributed by atoms with Gasteiger partial charge in [-0.05, 0) is 56.5 Å². The highest BCUT2D eigenvalue weighted by molar-refractivity contribution is 5.81. The number of likely N-dealkylation sites (N-methyl/N-ethyl adjacent to an activating group) is 1. The molecular weight excluding hydrogens is 390 g/mol. The lowest BCUT2D eigenvalue weighted by Crippen LogP contribution is -2.40. The molecule has 7 heteroatoms. The summed E-state index contributed by atoms with van der Waals surface area (Å²) in [6.07, 6.45) is 7.47. The number of rotatable bonds is 5. The van der Waals surface area contributed by atoms with E-state index in [9.17, 15) is 5.11 Å². The fourth-order valence-electron chi connectivity index (χ4n) is 4.09. The molecule has 4 rings (SSSR count). The number of aliphatic hydroxyl groups is 1. The minimum absolute atomic E-state index is 0.336. The van der Waals surface area contributed by atoms with Crippen LogP contribution in [0, 0.1) is 13.8 Å². The van der Waals surface area contributed by atoms with Crippen molar-refractivity contribution >= 4 is 18.1 Å². The second-order valence-electron chi connectivity index (χ2n) is 7.60. The van der Waals surface area contributed by atoms with E-state index in [0.717, 1.165) is 16.8 Å². The molecule has 1 aliphatic heterocycles. The van der Waals surface area contributed by atoms with Crippen molar-refractivity contribution < 1.29 is 9.63 Å². The Morgan fingerprint density at radius 1 is 1.29 bits per heavy atom. The number of aliphatic imine (C=N–C) groups is 1. The number of aromatic nitrogens is 2. The zero-order valence-electron chi connectivity index (χ0n) is 17.8. The molecule has 3 heterocycles. The summed E-state index contributed by atoms with van der Waals surface area (Å²) in [5, 5.41) is 16.4. The highest BCUT2D eigenvalue weighted by atomic mass is 16.5. The predicted octanol–water partition coefficient (Wildman–Crippen LogP) is 3.89. The van der Waals surface area contributed by atoms with Crippen LogP contribution in [0.4, 0.5) is 11.4 Å². The van der Waals surface area contributed by atoms with Crippen LogP contribution in [0.25, 0.3) is 11.1 Å². The molecule has 0 aliphatic carbocycles. The molecule has 0 saturated heterocycles. The molecule has 0 bridgehead atoms. The number of hydrogen-bond acceptors (Lipinski definition) is 7. The molecule has 1 atom stereocenters. The first-order valence-electron chi connectivity index (χ1n) is 9.94. The average Bonchev–Trinajstić information content (AvgIpc) is 3.12. The van der Waals surface area contributed by atoms with Crippen LogP contribution < -0.4 is 5.73 Å². The fraction of sp³-hybridized carbons (Fsp3) is 0.208. The Labute approximate surface area is 181 Å². The van der Waals surface area contributed by atoms with Gasteiger partial charge in [0.15, 0.2) is 5.60 Å². The van der Waals surface area contributed by atoms with E-state index >= 15 is 0 Å². The van der Waals surface area contributed by atoms with Crippen LogP contribution in [0.2, 0.25) is 0 Å². The van der Waals surface area contributed by atoms with Gasteiger partial charge in [0.1, 0.15) is 5.76 Å². The summed E-state index contributed by atoms with van der Waals surface area (Å²) in [5.74, 6) is 0.668. The number of nitrogens with zero attached hydrogens (tertiary/aromatic N) is 4. The minimum atomic E-state index is -1.61. The zero-order chi connectivity index (χ0) is 22.2. The topological polar surface area (TPSA) is 101 Å². The summed E-state index contributed by atoms with van der Waals surface area (Å²) in [6.45, 7) is 8.05. The Kier molecular flexibility index (Phi) is 5.20. The Balaban J connectivity index is 2.06. The van der Waals surface area contributed by atoms with E-state index in [4.69, 9.17) is 10.3 Å². The largest absolute Gasteiger partial charge is 0.397 e. The van der Waals surface area contributed by atoms with Crippen molar-refractivity contribution in [2.75, 3.05) is 19.3 Å². The summed E-state index contributed by atoms with van der Waals surface area (Å²) in [5.41, 5.74) is 9.68. The highest BCUT2D eigenvalue weighted by Crippen LogP contribution is 2.45. The second-order valence-corrected chi connectivity index (χ2v) is 7.60. The SMILES string of the molecule is C=Nc1cc(-c2c(C)noc2C)cc(C(O)(C2=CC=CCN2C)c2ccccn2)c1N. The number of allylic oxidation sites excluding steroid dienone is 2. The van der Waals surface area contributed by atoms with Gasteiger partial charge < -0.3 is 20.3 Å². The Morgan fingerprint density at radius 3 is 2.71 bits per heavy atom. The first kappa shape index (κ1) is 20.6. The average molecular weight is 415 g/mol. The predicted molar refractivity (Wildman–Crippen MR) is 122 cm³/mol. The van der Waals surface area contributed by atoms with Gasteiger partial charge >= 0.3 is 0 Å². The molecule has 158 valence electrons. The monoisotopic (exact) mass is 415 g/mol. The molecule has 0 saturated carbocycles. The Hall–Kier alpha value is -3.71. The van der Waals surface area contributed by atoms with Crippen LogP contribution in [0.5, 0.6) is 0 Å². The molecule has 31 heavy (non-hydrogen) atoms. The van der Waals surface area contributed by atoms with E-state index < -0.39 is 5.60 Å². The molecule has 0 radical (unpaired) electrons. The highest BCUT2D eigenvalue weighted by Gasteiger charge is 2.42. The van der Waals surface area contributed by atoms with E-state index in [1.54, 1.807) is 12.3 Å². The maximum atomic E-state index is 12.3. The van der Waals surface area contributed by atoms with Crippen LogP contribution in [0.15, 0.2) is 70.0 Å². The number of pyridine rings is 1. The van der Waals surface area contributed by atoms with Gasteiger partial charge in [-0.1, -0.05) is 23.4 Å². The van der Waals surface area contributed by atoms with Crippen LogP contribution >= 0.6 is 0 Å². The smallest absolute Gasteiger partial charge is 0.174 e. The summed E-state index contributed by atoms with van der Waals surface area (Å²) >= 11 is 0. The number of aryl methyl sites for hydroxylation is 2. The van der Waals surface area contributed by atoms with Crippen LogP contribution in [0.1, 0.15) is 22.7 Å². The van der Waals surface area contributed by atoms with E-state index in [2.05, 4.69) is 21.9 Å². The Bertz CT molecular complexity index is 1180. The lowest BCUT2D eigenvalue weighted by molar-refractivity contribution is 0.0864. The van der Waals surface area contributed by atoms with Gasteiger partial charge in [0.25, 0.3) is 0 Å². The molecule has 3 aromatic rings. The van der Waals surface area contributed by atoms with E-state index in [1.807, 2.05) is 68.3 Å². The molecule has 1 aliphatic rings. The van der Waals surface area contributed by atoms with E-state index in [1.165, 1.54) is 0 Å². The van der Waals surface area contributed by atoms with Gasteiger partial charge in [0.2, 0.25) is 0 Å². The molecule has 3 N–H and O–H groups in total. The maximum Gasteiger partial charge on any atom is 0.174 e. The third kappa shape index (κ3) is 3.33. The lowest BCUT2D eigenvalue weighted by Gasteiger charge is -2.38. The maximum absolute atomic E-state index is 12.3. The molecule has 0 amide bonds. The molecule has 1 unspecified atom stereocenters. The van der Waals surface area contributed by atoms with Crippen molar-refractivity contribution in [3.05, 3.63) is 83.2 Å². The third-order valence-electron chi connectivity index (χ3n) is 5.63. The van der Waals surface area contributed by atoms with Crippen LogP contribution in [-0.2, 0) is 5.60 Å². The van der Waals surface area contributed by atoms with Gasteiger partial charge in [-0.3, -0.25) is 9.98 Å². The molecule has 1 aromatic carbocycles. The van der Waals surface area contributed by atoms with Crippen molar-refractivity contribution in [1.29, 1.82) is 0 Å². The van der Waals surface area contributed by atoms with Crippen molar-refractivity contribution in [1.82, 2.24) is 15.0 Å². The summed E-state index contributed by atoms with van der Waals surface area (Å²) in [4.78, 5) is 10.6. The van der Waals surface area contributed by atoms with Gasteiger partial charge in [0.05, 0.1) is 28.5 Å². The van der Waals surface area contributed by atoms with Crippen LogP contribution in [0.3, 0.4) is 0 Å². The molecule has 2 aromatic heterocycles. The molecule has 0 fully saturated rings. The number of nitrogens with two attached hydrogens (primary N) is 1. The van der Waals surface area contributed by atoms with Crippen molar-refractivity contribution in [3.63, 3.8) is 0 Å². The van der Waals surface area contributed by atoms with Crippen molar-refractivity contribution in [2.45, 2.75) is 19.4 Å². The number of benzene rings is 1. The third-order valence-corrected chi connectivity index (χ3v) is 5.63. The van der Waals surface area contributed by atoms with E-state index in [0.29, 0.717) is 40.6 Å². The van der Waals surface area contributed by atoms with Crippen molar-refractivity contribution in [2.24, 2.45) is 4.99 Å². The zero-order valence-corrected chi connectivity index (χ0v) is 17.8. The molecular formula is C24H25N5O2. The fourth-order valence-corrected chi connectivity index (χ4v) is 4.09. The minimum Gasteiger partial charge on any atom is -0.397 e. The molecule has 0 spiro atoms. The van der Waals surface area contributed by atoms with Crippen molar-refractivity contribution in [3.8, 4) is 11.1 Å².